The first-order valence-corrected chi connectivity index (χ1v) is 36.7. The van der Waals surface area contributed by atoms with E-state index in [2.05, 4.69) is 387 Å². The molecular formula is C88H68N4OSi2. The number of aromatic nitrogens is 4. The third-order valence-corrected chi connectivity index (χ3v) is 28.8. The van der Waals surface area contributed by atoms with Gasteiger partial charge >= 0.3 is 0 Å². The highest BCUT2D eigenvalue weighted by atomic mass is 28.3. The molecule has 0 atom stereocenters. The minimum Gasteiger partial charge on any atom is -0.458 e. The highest BCUT2D eigenvalue weighted by molar-refractivity contribution is 7.21. The molecule has 0 bridgehead atoms. The topological polar surface area (TPSA) is 35.9 Å². The zero-order valence-corrected chi connectivity index (χ0v) is 55.3. The monoisotopic (exact) mass is 1250 g/mol. The second-order valence-corrected chi connectivity index (χ2v) is 33.1. The number of imidazole rings is 1. The van der Waals surface area contributed by atoms with Crippen molar-refractivity contribution in [2.45, 2.75) is 26.2 Å². The standard InChI is InChI=1S/C88H68N4OSi2/c1-88(2,3)64-58-59-89-86(60-64)92-80-51-25-22-46-74(80)75-57-56-67(62-83(75)92)93-66-33-30-32-65(61-66)90-63-91(82-53-27-26-52-81(82)90)87-78(76-47-23-28-54-84(76)94(68-34-10-4-11-35-68,69-36-12-5-13-37-69)70-38-14-6-15-39-70)49-31-50-79(87)77-48-24-29-55-85(77)95(71-40-16-7-17-41-71,72-42-18-8-19-43-72)73-44-20-9-21-45-73/h4-62H,1-3H3. The fraction of sp³-hybridized carbons (Fsp3) is 0.0455. The summed E-state index contributed by atoms with van der Waals surface area (Å²) in [5.41, 5.74) is 11.7. The van der Waals surface area contributed by atoms with Crippen molar-refractivity contribution in [3.8, 4) is 50.9 Å². The van der Waals surface area contributed by atoms with Crippen LogP contribution in [-0.4, -0.2) is 30.3 Å². The van der Waals surface area contributed by atoms with Gasteiger partial charge in [0.2, 0.25) is 0 Å². The van der Waals surface area contributed by atoms with Crippen LogP contribution in [0.1, 0.15) is 26.3 Å². The molecule has 0 aliphatic heterocycles. The fourth-order valence-corrected chi connectivity index (χ4v) is 24.8. The summed E-state index contributed by atoms with van der Waals surface area (Å²) in [7, 11) is -6.30. The maximum Gasteiger partial charge on any atom is 0.269 e. The number of ether oxygens (including phenoxy) is 1. The number of nitrogens with zero attached hydrogens (tertiary/aromatic N) is 4. The van der Waals surface area contributed by atoms with Crippen LogP contribution in [-0.2, 0) is 5.41 Å². The molecule has 5 nitrogen and oxygen atoms in total. The molecule has 0 unspecified atom stereocenters. The zero-order valence-electron chi connectivity index (χ0n) is 53.3. The number of para-hydroxylation sites is 4. The second kappa shape index (κ2) is 24.5. The highest BCUT2D eigenvalue weighted by Gasteiger charge is 2.45. The lowest BCUT2D eigenvalue weighted by Gasteiger charge is -2.37. The molecular weight excluding hydrogens is 1190 g/mol. The van der Waals surface area contributed by atoms with Gasteiger partial charge in [0, 0.05) is 23.0 Å². The van der Waals surface area contributed by atoms with Crippen LogP contribution in [0, 0.1) is 6.33 Å². The normalized spacial score (nSPS) is 11.9. The van der Waals surface area contributed by atoms with Gasteiger partial charge in [0.15, 0.2) is 16.1 Å². The molecule has 0 aliphatic rings. The predicted octanol–water partition coefficient (Wildman–Crippen LogP) is 15.4. The summed E-state index contributed by atoms with van der Waals surface area (Å²) in [5, 5.41) is 12.7. The van der Waals surface area contributed by atoms with Crippen LogP contribution >= 0.6 is 0 Å². The van der Waals surface area contributed by atoms with Gasteiger partial charge in [-0.25, -0.2) is 4.98 Å². The zero-order chi connectivity index (χ0) is 63.9. The van der Waals surface area contributed by atoms with Crippen LogP contribution in [0.3, 0.4) is 0 Å². The largest absolute Gasteiger partial charge is 0.458 e. The first kappa shape index (κ1) is 58.6. The van der Waals surface area contributed by atoms with E-state index in [-0.39, 0.29) is 5.41 Å². The minimum absolute atomic E-state index is 0.0515. The minimum atomic E-state index is -3.15. The lowest BCUT2D eigenvalue weighted by atomic mass is 9.88. The Hall–Kier alpha value is -11.5. The maximum absolute atomic E-state index is 7.02. The Labute approximate surface area is 557 Å². The van der Waals surface area contributed by atoms with Gasteiger partial charge in [-0.3, -0.25) is 13.7 Å². The van der Waals surface area contributed by atoms with Crippen LogP contribution in [0.4, 0.5) is 0 Å². The van der Waals surface area contributed by atoms with E-state index < -0.39 is 16.1 Å². The summed E-state index contributed by atoms with van der Waals surface area (Å²) in [4.78, 5) is 4.97. The molecule has 0 N–H and O–H groups in total. The van der Waals surface area contributed by atoms with Gasteiger partial charge < -0.3 is 4.74 Å². The molecule has 454 valence electrons. The van der Waals surface area contributed by atoms with Crippen LogP contribution in [0.2, 0.25) is 0 Å². The van der Waals surface area contributed by atoms with Crippen LogP contribution in [0.5, 0.6) is 11.5 Å². The summed E-state index contributed by atoms with van der Waals surface area (Å²) in [6.45, 7) is 6.74. The van der Waals surface area contributed by atoms with Gasteiger partial charge in [0.1, 0.15) is 17.3 Å². The Morgan fingerprint density at radius 1 is 0.358 bits per heavy atom. The quantitative estimate of drug-likeness (QED) is 0.0444. The van der Waals surface area contributed by atoms with Crippen LogP contribution in [0.15, 0.2) is 358 Å². The molecule has 0 fully saturated rings. The van der Waals surface area contributed by atoms with Crippen LogP contribution in [0.25, 0.3) is 72.3 Å². The van der Waals surface area contributed by atoms with Crippen molar-refractivity contribution < 1.29 is 9.30 Å². The molecule has 95 heavy (non-hydrogen) atoms. The number of hydrogen-bond donors (Lipinski definition) is 0. The molecule has 0 spiro atoms. The van der Waals surface area contributed by atoms with Crippen molar-refractivity contribution in [2.75, 3.05) is 0 Å². The number of pyridine rings is 1. The van der Waals surface area contributed by atoms with Gasteiger partial charge in [-0.2, -0.15) is 0 Å². The molecule has 0 saturated heterocycles. The summed E-state index contributed by atoms with van der Waals surface area (Å²) < 4.78 is 13.9. The Morgan fingerprint density at radius 3 is 1.29 bits per heavy atom. The smallest absolute Gasteiger partial charge is 0.269 e. The van der Waals surface area contributed by atoms with Gasteiger partial charge in [0.25, 0.3) is 6.33 Å². The van der Waals surface area contributed by atoms with Crippen molar-refractivity contribution in [2.24, 2.45) is 0 Å². The third kappa shape index (κ3) is 10.2. The number of hydrogen-bond acceptors (Lipinski definition) is 2. The first-order valence-electron chi connectivity index (χ1n) is 32.7. The van der Waals surface area contributed by atoms with Crippen molar-refractivity contribution in [1.82, 2.24) is 14.1 Å². The van der Waals surface area contributed by atoms with E-state index in [1.54, 1.807) is 0 Å². The Bertz CT molecular complexity index is 5050. The summed E-state index contributed by atoms with van der Waals surface area (Å²) in [5.74, 6) is 2.30. The molecule has 0 aliphatic carbocycles. The van der Waals surface area contributed by atoms with Crippen molar-refractivity contribution in [1.29, 1.82) is 0 Å². The molecule has 16 rings (SSSR count). The third-order valence-electron chi connectivity index (χ3n) is 19.1. The molecule has 0 saturated carbocycles. The van der Waals surface area contributed by atoms with E-state index in [0.717, 1.165) is 78.0 Å². The highest BCUT2D eigenvalue weighted by Crippen LogP contribution is 2.39. The van der Waals surface area contributed by atoms with Crippen LogP contribution < -0.4 is 50.8 Å². The Kier molecular flexibility index (Phi) is 15.1. The van der Waals surface area contributed by atoms with Gasteiger partial charge in [-0.1, -0.05) is 318 Å². The van der Waals surface area contributed by atoms with Crippen molar-refractivity contribution in [3.63, 3.8) is 0 Å². The predicted molar refractivity (Wildman–Crippen MR) is 399 cm³/mol. The molecule has 0 radical (unpaired) electrons. The average molecular weight is 1250 g/mol. The van der Waals surface area contributed by atoms with Crippen molar-refractivity contribution >= 4 is 90.5 Å². The first-order chi connectivity index (χ1) is 46.8. The van der Waals surface area contributed by atoms with E-state index in [1.807, 2.05) is 12.3 Å². The van der Waals surface area contributed by atoms with E-state index in [9.17, 15) is 0 Å². The molecule has 16 aromatic rings. The molecule has 7 heteroatoms. The van der Waals surface area contributed by atoms with Gasteiger partial charge in [-0.15, -0.1) is 0 Å². The SMILES string of the molecule is CC(C)(C)c1ccnc(-n2c3ccccc3c3ccc(Oc4cccc(-n5[c-][n+](-c6c(-c7ccccc7[Si](c7ccccc7)(c7ccccc7)c7ccccc7)cccc6-c6ccccc6[Si](c6ccccc6)(c6ccccc6)c6ccccc6)c6ccccc65)c4)cc32)c1. The van der Waals surface area contributed by atoms with E-state index in [1.165, 1.54) is 47.1 Å². The number of benzene rings is 13. The number of rotatable bonds is 15. The molecule has 0 amide bonds. The molecule has 13 aromatic carbocycles. The average Bonchev–Trinajstić information content (AvgIpc) is 0.836. The number of fused-ring (bicyclic) bond motifs is 4. The fourth-order valence-electron chi connectivity index (χ4n) is 14.9. The summed E-state index contributed by atoms with van der Waals surface area (Å²) >= 11 is 0. The maximum atomic E-state index is 7.02. The Balaban J connectivity index is 0.939. The van der Waals surface area contributed by atoms with E-state index in [0.29, 0.717) is 5.75 Å². The summed E-state index contributed by atoms with van der Waals surface area (Å²) in [6, 6.07) is 130. The van der Waals surface area contributed by atoms with Gasteiger partial charge in [-0.05, 0) is 123 Å². The molecule has 3 heterocycles. The summed E-state index contributed by atoms with van der Waals surface area (Å²) in [6.07, 6.45) is 6.04. The van der Waals surface area contributed by atoms with E-state index >= 15 is 0 Å². The van der Waals surface area contributed by atoms with E-state index in [4.69, 9.17) is 9.72 Å². The lowest BCUT2D eigenvalue weighted by Crippen LogP contribution is -2.75. The van der Waals surface area contributed by atoms with Crippen molar-refractivity contribution in [3.05, 3.63) is 370 Å². The Morgan fingerprint density at radius 2 is 0.779 bits per heavy atom. The second-order valence-electron chi connectivity index (χ2n) is 25.5. The van der Waals surface area contributed by atoms with Gasteiger partial charge in [0.05, 0.1) is 33.4 Å². The molecule has 3 aromatic heterocycles. The lowest BCUT2D eigenvalue weighted by molar-refractivity contribution is -0.571.